The molecule has 0 spiro atoms. The van der Waals surface area contributed by atoms with Gasteiger partial charge in [-0.15, -0.1) is 0 Å². The van der Waals surface area contributed by atoms with E-state index < -0.39 is 95.9 Å². The van der Waals surface area contributed by atoms with Gasteiger partial charge in [0.05, 0.1) is 43.7 Å². The number of carbonyl (C=O) groups excluding carboxylic acids is 2. The normalized spacial score (nSPS) is 28.2. The summed E-state index contributed by atoms with van der Waals surface area (Å²) in [6.07, 6.45) is 4.00. The van der Waals surface area contributed by atoms with Gasteiger partial charge in [0.15, 0.2) is 21.3 Å². The molecule has 5 heterocycles. The minimum absolute atomic E-state index is 0. The van der Waals surface area contributed by atoms with Gasteiger partial charge in [-0.3, -0.25) is 14.6 Å². The van der Waals surface area contributed by atoms with Crippen LogP contribution in [0, 0.1) is 35.2 Å². The number of aromatic nitrogens is 2. The number of rotatable bonds is 13. The predicted molar refractivity (Wildman–Crippen MR) is 319 cm³/mol. The summed E-state index contributed by atoms with van der Waals surface area (Å²) in [7, 11) is -0.613. The van der Waals surface area contributed by atoms with Crippen molar-refractivity contribution in [3.8, 4) is 0 Å². The van der Waals surface area contributed by atoms with E-state index >= 15 is 0 Å². The number of anilines is 2. The van der Waals surface area contributed by atoms with Crippen LogP contribution in [0.15, 0.2) is 106 Å². The molecule has 2 aromatic heterocycles. The molecule has 3 saturated carbocycles. The van der Waals surface area contributed by atoms with Crippen LogP contribution in [0.4, 0.5) is 37.7 Å². The second-order valence-electron chi connectivity index (χ2n) is 19.8. The number of nitrogens with zero attached hydrogens (tertiary/aromatic N) is 5. The molecule has 0 amide bonds. The number of pyridine rings is 2. The summed E-state index contributed by atoms with van der Waals surface area (Å²) >= 11 is 14.8. The summed E-state index contributed by atoms with van der Waals surface area (Å²) < 4.78 is 106. The number of nitrogens with two attached hydrogens (primary N) is 5. The maximum Gasteiger partial charge on any atom is 1.00 e. The first-order chi connectivity index (χ1) is 40.1. The van der Waals surface area contributed by atoms with E-state index in [1.54, 1.807) is 6.07 Å². The number of amidine groups is 3. The van der Waals surface area contributed by atoms with E-state index in [0.29, 0.717) is 46.2 Å². The number of aliphatic imine (C=N–C) groups is 3. The first kappa shape index (κ1) is 64.8. The van der Waals surface area contributed by atoms with Crippen LogP contribution in [0.1, 0.15) is 63.9 Å². The molecule has 3 radical (unpaired) electrons. The van der Waals surface area contributed by atoms with Crippen molar-refractivity contribution in [1.82, 2.24) is 9.97 Å². The number of alkyl halides is 3. The zero-order valence-corrected chi connectivity index (χ0v) is 49.5. The molecule has 13 N–H and O–H groups in total. The molecule has 9 atom stereocenters. The zero-order valence-electron chi connectivity index (χ0n) is 48.6. The van der Waals surface area contributed by atoms with Crippen molar-refractivity contribution >= 4 is 121 Å². The van der Waals surface area contributed by atoms with Gasteiger partial charge in [0, 0.05) is 73.0 Å². The Morgan fingerprint density at radius 2 is 1.07 bits per heavy atom. The summed E-state index contributed by atoms with van der Waals surface area (Å²) in [4.78, 5) is 55.0. The number of methoxy groups -OCH3 is 1. The molecule has 0 bridgehead atoms. The van der Waals surface area contributed by atoms with Crippen molar-refractivity contribution in [2.75, 3.05) is 51.8 Å². The van der Waals surface area contributed by atoms with Gasteiger partial charge in [-0.25, -0.2) is 51.1 Å². The number of hydrogen-bond donors (Lipinski definition) is 8. The average molecular weight is 1280 g/mol. The molecule has 0 unspecified atom stereocenters. The molecule has 6 aliphatic rings. The number of aliphatic hydroxyl groups is 2. The number of carbonyl (C=O) groups is 3. The van der Waals surface area contributed by atoms with E-state index in [0.717, 1.165) is 17.8 Å². The van der Waals surface area contributed by atoms with Crippen LogP contribution in [-0.4, -0.2) is 125 Å². The monoisotopic (exact) mass is 1280 g/mol. The summed E-state index contributed by atoms with van der Waals surface area (Å²) in [5.74, 6) is -4.79. The number of halogens is 8. The van der Waals surface area contributed by atoms with Gasteiger partial charge in [0.2, 0.25) is 0 Å². The van der Waals surface area contributed by atoms with Gasteiger partial charge in [-0.05, 0) is 97.6 Å². The number of fused-ring (bicyclic) bond motifs is 3. The largest absolute Gasteiger partial charge is 1.00 e. The maximum atomic E-state index is 14.8. The zero-order chi connectivity index (χ0) is 62.6. The first-order valence-corrected chi connectivity index (χ1v) is 27.6. The molecule has 3 fully saturated rings. The Kier molecular flexibility index (Phi) is 21.0. The second kappa shape index (κ2) is 27.2. The van der Waals surface area contributed by atoms with Crippen molar-refractivity contribution in [3.05, 3.63) is 152 Å². The number of carboxylic acid groups (broad SMARTS) is 1. The van der Waals surface area contributed by atoms with E-state index in [1.807, 2.05) is 0 Å². The first-order valence-electron chi connectivity index (χ1n) is 25.7. The topological polar surface area (TPSA) is 314 Å². The van der Waals surface area contributed by atoms with Crippen LogP contribution < -0.4 is 47.5 Å². The van der Waals surface area contributed by atoms with E-state index in [4.69, 9.17) is 65.5 Å². The third kappa shape index (κ3) is 13.4. The fourth-order valence-corrected chi connectivity index (χ4v) is 14.8. The number of carboxylic acids is 1. The number of ether oxygens (including phenoxy) is 1. The summed E-state index contributed by atoms with van der Waals surface area (Å²) in [6.45, 7) is -3.13. The molecule has 31 heteroatoms. The molecule has 443 valence electrons. The van der Waals surface area contributed by atoms with Crippen LogP contribution in [0.2, 0.25) is 10.0 Å². The Balaban J connectivity index is 0.000000254. The second-order valence-corrected chi connectivity index (χ2v) is 24.9. The van der Waals surface area contributed by atoms with Crippen molar-refractivity contribution in [2.24, 2.45) is 49.9 Å². The molecule has 3 aliphatic carbocycles. The Labute approximate surface area is 523 Å². The Morgan fingerprint density at radius 1 is 0.667 bits per heavy atom. The van der Waals surface area contributed by atoms with Gasteiger partial charge >= 0.3 is 30.8 Å². The van der Waals surface area contributed by atoms with Crippen LogP contribution in [-0.2, 0) is 32.6 Å². The molecule has 3 aromatic carbocycles. The number of benzene rings is 3. The number of aliphatic hydroxyl groups excluding tert-OH is 2. The number of aromatic carboxylic acids is 1. The minimum atomic E-state index is -1.87. The minimum Gasteiger partial charge on any atom is -1.00 e. The molecule has 17 nitrogen and oxygen atoms in total. The van der Waals surface area contributed by atoms with E-state index in [-0.39, 0.29) is 110 Å². The SMILES string of the molecule is COC(=O)[C@@]12C[C@@H]1[C@@](CF)(c1cc(N)ccc1F)N=C(N)S2.NC1=N[C@](CF)(c2cc(CC(=O)c3ccc(Cl)cn3)ccc2F)[C@H]2C[C@@]2(CO)S1.NC1=N[C@](CF)(c2cc(N)ccc2F)[C@H]2C[C@@]2(CO)S1.O=C(O)c1ccc(Cl)cn1.[3H]P([3H])[3H].[B].[H-].[Li+]. The smallest absolute Gasteiger partial charge is 1.00 e. The fraction of sp³-hybridized carbons (Fsp3) is 0.358. The van der Waals surface area contributed by atoms with E-state index in [9.17, 15) is 50.9 Å². The average Bonchev–Trinajstić information content (AvgIpc) is 1.56. The molecule has 84 heavy (non-hydrogen) atoms. The quantitative estimate of drug-likeness (QED) is 0.0202. The van der Waals surface area contributed by atoms with E-state index in [1.165, 1.54) is 110 Å². The number of ketones is 1. The van der Waals surface area contributed by atoms with Crippen LogP contribution in [0.25, 0.3) is 0 Å². The van der Waals surface area contributed by atoms with Crippen molar-refractivity contribution < 1.29 is 81.1 Å². The molecule has 5 aromatic rings. The van der Waals surface area contributed by atoms with E-state index in [2.05, 4.69) is 24.9 Å². The van der Waals surface area contributed by atoms with Crippen molar-refractivity contribution in [2.45, 2.75) is 56.5 Å². The third-order valence-electron chi connectivity index (χ3n) is 14.9. The number of nitrogen functional groups attached to an aromatic ring is 2. The number of Topliss-reactive ketones (excluding diaryl/α,β-unsaturated/α-hetero) is 1. The van der Waals surface area contributed by atoms with Gasteiger partial charge in [-0.1, -0.05) is 64.6 Å². The van der Waals surface area contributed by atoms with Crippen LogP contribution >= 0.6 is 68.2 Å². The van der Waals surface area contributed by atoms with Crippen LogP contribution in [0.5, 0.6) is 0 Å². The summed E-state index contributed by atoms with van der Waals surface area (Å²) in [5, 5.41) is 28.9. The number of hydrogen-bond acceptors (Lipinski definition) is 19. The fourth-order valence-electron chi connectivity index (χ4n) is 10.7. The standard InChI is InChI=1S/C20H18ClF2N3O2S.C14H15F2N3O2S.C13H15F2N3OS.C6H4ClNO2.B.Li.H3P.H/c21-12-2-4-15(25-8-12)16(28)6-11-1-3-14(23)13(5-11)20(9-22)17-7-19(17,10-27)29-18(24)26-20;1-21-11(20)14-5-10(14)13(6-15,19-12(18)22-14)8-4-7(17)2-3-9(8)16;14-5-13(8-3-7(16)1-2-9(8)15)10-4-12(10,6-19)20-11(17)18-13;7-4-1-2-5(6(9)10)8-3-4;;;;/h1-5,8,17,27H,6-7,9-10H2,(H2,24,26);2-4,10H,5-6,17H2,1H3,(H2,18,19);1-3,10,19H,4-6,16H2,(H2,17,18);1-3H,(H,9,10);;;1H3;/q;;;;;+1;;-1/t17-,19-,20+;10-,13-,14-;10-,12-,13+;;;;;/m010...../s1/i;;;;;;1T3;. The van der Waals surface area contributed by atoms with Crippen molar-refractivity contribution in [3.63, 3.8) is 0 Å². The Bertz CT molecular complexity index is 3460. The molecular weight excluding hydrogens is 1220 g/mol. The number of esters is 1. The van der Waals surface area contributed by atoms with Gasteiger partial charge < -0.3 is 50.2 Å². The summed E-state index contributed by atoms with van der Waals surface area (Å²) in [6, 6.07) is 18.0. The molecular formula is C53H56BCl2F6LiN10O7PS3. The van der Waals surface area contributed by atoms with Crippen LogP contribution in [0.3, 0.4) is 0 Å². The Morgan fingerprint density at radius 3 is 1.46 bits per heavy atom. The molecule has 3 aliphatic heterocycles. The Hall–Kier alpha value is -5.20. The molecule has 11 rings (SSSR count). The maximum absolute atomic E-state index is 14.8. The summed E-state index contributed by atoms with van der Waals surface area (Å²) in [5.41, 5.74) is 26.0. The third-order valence-corrected chi connectivity index (χ3v) is 19.2. The predicted octanol–water partition coefficient (Wildman–Crippen LogP) is 4.45. The molecule has 0 saturated heterocycles. The van der Waals surface area contributed by atoms with Crippen molar-refractivity contribution in [1.29, 1.82) is 3.84 Å². The van der Waals surface area contributed by atoms with Gasteiger partial charge in [0.1, 0.15) is 70.2 Å². The number of thioether (sulfide) groups is 3. The van der Waals surface area contributed by atoms with Gasteiger partial charge in [0.25, 0.3) is 0 Å². The van der Waals surface area contributed by atoms with Gasteiger partial charge in [-0.2, -0.15) is 9.73 Å².